The van der Waals surface area contributed by atoms with E-state index in [0.29, 0.717) is 12.2 Å². The molecule has 2 nitrogen and oxygen atoms in total. The minimum atomic E-state index is 0.427. The van der Waals surface area contributed by atoms with Crippen molar-refractivity contribution in [2.45, 2.75) is 6.92 Å². The summed E-state index contributed by atoms with van der Waals surface area (Å²) in [6, 6.07) is 5.46. The van der Waals surface area contributed by atoms with Crippen LogP contribution in [0.5, 0.6) is 5.75 Å². The van der Waals surface area contributed by atoms with Gasteiger partial charge in [0, 0.05) is 4.47 Å². The highest BCUT2D eigenvalue weighted by atomic mass is 79.9. The van der Waals surface area contributed by atoms with Gasteiger partial charge in [-0.15, -0.1) is 0 Å². The molecule has 58 valence electrons. The zero-order valence-corrected chi connectivity index (χ0v) is 7.59. The summed E-state index contributed by atoms with van der Waals surface area (Å²) in [7, 11) is 0. The average Bonchev–Trinajstić information content (AvgIpc) is 1.95. The Labute approximate surface area is 73.3 Å². The van der Waals surface area contributed by atoms with E-state index in [2.05, 4.69) is 15.9 Å². The summed E-state index contributed by atoms with van der Waals surface area (Å²) in [6.07, 6.45) is 0. The standard InChI is InChI=1S/C8H7BrO2/c1-6-4-7(9)2-3-8(6)11-5-10/h2-5H,1H3. The molecule has 1 aromatic rings. The molecule has 1 rings (SSSR count). The number of rotatable bonds is 2. The number of hydrogen-bond donors (Lipinski definition) is 0. The fraction of sp³-hybridized carbons (Fsp3) is 0.125. The molecule has 0 aliphatic rings. The minimum Gasteiger partial charge on any atom is -0.428 e. The molecule has 0 saturated heterocycles. The van der Waals surface area contributed by atoms with Gasteiger partial charge in [0.15, 0.2) is 0 Å². The quantitative estimate of drug-likeness (QED) is 0.707. The maximum atomic E-state index is 9.98. The first-order valence-corrected chi connectivity index (χ1v) is 3.90. The van der Waals surface area contributed by atoms with Crippen LogP contribution in [0.4, 0.5) is 0 Å². The number of carbonyl (C=O) groups is 1. The van der Waals surface area contributed by atoms with Crippen LogP contribution in [0.25, 0.3) is 0 Å². The van der Waals surface area contributed by atoms with E-state index in [4.69, 9.17) is 4.74 Å². The monoisotopic (exact) mass is 214 g/mol. The van der Waals surface area contributed by atoms with E-state index >= 15 is 0 Å². The lowest BCUT2D eigenvalue weighted by Crippen LogP contribution is -1.90. The Bertz CT molecular complexity index is 271. The molecule has 0 atom stereocenters. The van der Waals surface area contributed by atoms with E-state index in [0.717, 1.165) is 10.0 Å². The highest BCUT2D eigenvalue weighted by Gasteiger charge is 1.97. The topological polar surface area (TPSA) is 26.3 Å². The van der Waals surface area contributed by atoms with Gasteiger partial charge in [-0.2, -0.15) is 0 Å². The molecule has 0 radical (unpaired) electrons. The summed E-state index contributed by atoms with van der Waals surface area (Å²) >= 11 is 3.30. The average molecular weight is 215 g/mol. The summed E-state index contributed by atoms with van der Waals surface area (Å²) in [5, 5.41) is 0. The second-order valence-electron chi connectivity index (χ2n) is 2.12. The van der Waals surface area contributed by atoms with E-state index in [1.165, 1.54) is 0 Å². The van der Waals surface area contributed by atoms with Gasteiger partial charge in [0.2, 0.25) is 0 Å². The Kier molecular flexibility index (Phi) is 2.65. The fourth-order valence-electron chi connectivity index (χ4n) is 0.797. The van der Waals surface area contributed by atoms with Crippen molar-refractivity contribution in [1.29, 1.82) is 0 Å². The molecule has 0 heterocycles. The Morgan fingerprint density at radius 2 is 2.27 bits per heavy atom. The Hall–Kier alpha value is -0.830. The van der Waals surface area contributed by atoms with Crippen LogP contribution < -0.4 is 4.74 Å². The number of benzene rings is 1. The molecule has 1 aromatic carbocycles. The van der Waals surface area contributed by atoms with Crippen LogP contribution in [0.15, 0.2) is 22.7 Å². The number of ether oxygens (including phenoxy) is 1. The zero-order chi connectivity index (χ0) is 8.27. The van der Waals surface area contributed by atoms with Crippen molar-refractivity contribution in [2.24, 2.45) is 0 Å². The van der Waals surface area contributed by atoms with Crippen LogP contribution in [-0.4, -0.2) is 6.47 Å². The van der Waals surface area contributed by atoms with E-state index in [1.807, 2.05) is 19.1 Å². The van der Waals surface area contributed by atoms with Crippen molar-refractivity contribution in [3.8, 4) is 5.75 Å². The molecule has 0 aromatic heterocycles. The summed E-state index contributed by atoms with van der Waals surface area (Å²) in [5.74, 6) is 0.600. The number of carbonyl (C=O) groups excluding carboxylic acids is 1. The summed E-state index contributed by atoms with van der Waals surface area (Å²) < 4.78 is 5.67. The first kappa shape index (κ1) is 8.27. The highest BCUT2D eigenvalue weighted by Crippen LogP contribution is 2.21. The van der Waals surface area contributed by atoms with Crippen molar-refractivity contribution in [3.05, 3.63) is 28.2 Å². The predicted molar refractivity (Wildman–Crippen MR) is 45.6 cm³/mol. The van der Waals surface area contributed by atoms with Crippen LogP contribution in [0.2, 0.25) is 0 Å². The second kappa shape index (κ2) is 3.53. The largest absolute Gasteiger partial charge is 0.428 e. The molecule has 0 spiro atoms. The molecular weight excluding hydrogens is 208 g/mol. The third-order valence-corrected chi connectivity index (χ3v) is 1.81. The van der Waals surface area contributed by atoms with Crippen LogP contribution in [0.3, 0.4) is 0 Å². The van der Waals surface area contributed by atoms with Crippen molar-refractivity contribution in [3.63, 3.8) is 0 Å². The summed E-state index contributed by atoms with van der Waals surface area (Å²) in [6.45, 7) is 2.31. The van der Waals surface area contributed by atoms with Gasteiger partial charge in [-0.1, -0.05) is 15.9 Å². The highest BCUT2D eigenvalue weighted by molar-refractivity contribution is 9.10. The molecule has 0 N–H and O–H groups in total. The lowest BCUT2D eigenvalue weighted by molar-refractivity contribution is -0.120. The first-order chi connectivity index (χ1) is 5.24. The van der Waals surface area contributed by atoms with E-state index < -0.39 is 0 Å². The van der Waals surface area contributed by atoms with Gasteiger partial charge in [-0.25, -0.2) is 0 Å². The van der Waals surface area contributed by atoms with Crippen LogP contribution in [0, 0.1) is 6.92 Å². The van der Waals surface area contributed by atoms with Gasteiger partial charge in [-0.3, -0.25) is 4.79 Å². The molecular formula is C8H7BrO2. The van der Waals surface area contributed by atoms with E-state index in [-0.39, 0.29) is 0 Å². The molecule has 0 unspecified atom stereocenters. The van der Waals surface area contributed by atoms with Crippen molar-refractivity contribution < 1.29 is 9.53 Å². The normalized spacial score (nSPS) is 9.27. The van der Waals surface area contributed by atoms with Gasteiger partial charge in [0.25, 0.3) is 6.47 Å². The first-order valence-electron chi connectivity index (χ1n) is 3.10. The van der Waals surface area contributed by atoms with Gasteiger partial charge in [0.05, 0.1) is 0 Å². The molecule has 0 aliphatic heterocycles. The van der Waals surface area contributed by atoms with Gasteiger partial charge in [-0.05, 0) is 30.7 Å². The molecule has 0 aliphatic carbocycles. The summed E-state index contributed by atoms with van der Waals surface area (Å²) in [4.78, 5) is 9.98. The number of halogens is 1. The van der Waals surface area contributed by atoms with Crippen molar-refractivity contribution in [1.82, 2.24) is 0 Å². The maximum Gasteiger partial charge on any atom is 0.298 e. The predicted octanol–water partition coefficient (Wildman–Crippen LogP) is 2.29. The van der Waals surface area contributed by atoms with E-state index in [1.54, 1.807) is 6.07 Å². The lowest BCUT2D eigenvalue weighted by atomic mass is 10.2. The molecule has 0 bridgehead atoms. The smallest absolute Gasteiger partial charge is 0.298 e. The zero-order valence-electron chi connectivity index (χ0n) is 6.00. The number of aryl methyl sites for hydroxylation is 1. The van der Waals surface area contributed by atoms with Crippen molar-refractivity contribution >= 4 is 22.4 Å². The Morgan fingerprint density at radius 1 is 1.55 bits per heavy atom. The third-order valence-electron chi connectivity index (χ3n) is 1.31. The molecule has 0 amide bonds. The minimum absolute atomic E-state index is 0.427. The third kappa shape index (κ3) is 2.05. The maximum absolute atomic E-state index is 9.98. The SMILES string of the molecule is Cc1cc(Br)ccc1OC=O. The van der Waals surface area contributed by atoms with Crippen LogP contribution >= 0.6 is 15.9 Å². The molecule has 0 fully saturated rings. The van der Waals surface area contributed by atoms with Gasteiger partial charge >= 0.3 is 0 Å². The van der Waals surface area contributed by atoms with E-state index in [9.17, 15) is 4.79 Å². The Morgan fingerprint density at radius 3 is 2.82 bits per heavy atom. The van der Waals surface area contributed by atoms with Crippen LogP contribution in [-0.2, 0) is 4.79 Å². The fourth-order valence-corrected chi connectivity index (χ4v) is 1.27. The molecule has 3 heteroatoms. The van der Waals surface area contributed by atoms with Crippen LogP contribution in [0.1, 0.15) is 5.56 Å². The Balaban J connectivity index is 2.98. The van der Waals surface area contributed by atoms with Gasteiger partial charge < -0.3 is 4.74 Å². The summed E-state index contributed by atoms with van der Waals surface area (Å²) in [5.41, 5.74) is 0.937. The lowest BCUT2D eigenvalue weighted by Gasteiger charge is -2.01. The van der Waals surface area contributed by atoms with Crippen molar-refractivity contribution in [2.75, 3.05) is 0 Å². The van der Waals surface area contributed by atoms with Gasteiger partial charge in [0.1, 0.15) is 5.75 Å². The second-order valence-corrected chi connectivity index (χ2v) is 3.04. The number of hydrogen-bond acceptors (Lipinski definition) is 2. The molecule has 11 heavy (non-hydrogen) atoms. The molecule has 0 saturated carbocycles.